The molecule has 98 valence electrons. The van der Waals surface area contributed by atoms with E-state index in [9.17, 15) is 14.0 Å². The molecular formula is C11H14FN3O3. The van der Waals surface area contributed by atoms with Gasteiger partial charge in [-0.25, -0.2) is 9.78 Å². The molecule has 0 aromatic carbocycles. The van der Waals surface area contributed by atoms with Crippen molar-refractivity contribution in [1.82, 2.24) is 4.98 Å². The second-order valence-electron chi connectivity index (χ2n) is 4.54. The van der Waals surface area contributed by atoms with Crippen LogP contribution in [0.4, 0.5) is 14.9 Å². The molecule has 0 radical (unpaired) electrons. The first kappa shape index (κ1) is 13.9. The maximum atomic E-state index is 12.9. The highest BCUT2D eigenvalue weighted by Gasteiger charge is 2.18. The maximum absolute atomic E-state index is 12.9. The highest BCUT2D eigenvalue weighted by Crippen LogP contribution is 2.16. The molecule has 6 nitrogen and oxygen atoms in total. The molecule has 0 saturated heterocycles. The number of carbonyl (C=O) groups excluding carboxylic acids is 2. The van der Waals surface area contributed by atoms with Crippen molar-refractivity contribution in [3.05, 3.63) is 23.8 Å². The number of amides is 2. The monoisotopic (exact) mass is 255 g/mol. The van der Waals surface area contributed by atoms with E-state index < -0.39 is 23.5 Å². The Morgan fingerprint density at radius 3 is 2.56 bits per heavy atom. The van der Waals surface area contributed by atoms with Gasteiger partial charge < -0.3 is 10.5 Å². The van der Waals surface area contributed by atoms with Crippen LogP contribution >= 0.6 is 0 Å². The normalized spacial score (nSPS) is 10.9. The molecule has 0 aliphatic carbocycles. The van der Waals surface area contributed by atoms with Crippen molar-refractivity contribution < 1.29 is 18.7 Å². The van der Waals surface area contributed by atoms with E-state index in [2.05, 4.69) is 10.3 Å². The Kier molecular flexibility index (Phi) is 3.85. The van der Waals surface area contributed by atoms with Gasteiger partial charge >= 0.3 is 6.09 Å². The first-order chi connectivity index (χ1) is 8.19. The van der Waals surface area contributed by atoms with Gasteiger partial charge in [-0.2, -0.15) is 4.39 Å². The first-order valence-electron chi connectivity index (χ1n) is 5.14. The molecule has 1 heterocycles. The van der Waals surface area contributed by atoms with Crippen LogP contribution in [-0.4, -0.2) is 22.6 Å². The number of rotatable bonds is 2. The fraction of sp³-hybridized carbons (Fsp3) is 0.364. The van der Waals surface area contributed by atoms with E-state index >= 15 is 0 Å². The van der Waals surface area contributed by atoms with Crippen LogP contribution in [0.1, 0.15) is 31.1 Å². The van der Waals surface area contributed by atoms with Crippen LogP contribution in [0.15, 0.2) is 12.3 Å². The molecule has 1 rings (SSSR count). The second-order valence-corrected chi connectivity index (χ2v) is 4.54. The van der Waals surface area contributed by atoms with Crippen molar-refractivity contribution >= 4 is 17.7 Å². The maximum Gasteiger partial charge on any atom is 0.412 e. The largest absolute Gasteiger partial charge is 0.444 e. The van der Waals surface area contributed by atoms with Crippen LogP contribution in [0.5, 0.6) is 0 Å². The molecule has 0 atom stereocenters. The number of primary amides is 1. The van der Waals surface area contributed by atoms with Gasteiger partial charge in [0.25, 0.3) is 5.91 Å². The van der Waals surface area contributed by atoms with E-state index in [1.165, 1.54) is 0 Å². The quantitative estimate of drug-likeness (QED) is 0.786. The standard InChI is InChI=1S/C11H14FN3O3/c1-11(2,3)18-10(17)15-7-5-14-8(12)4-6(7)9(13)16/h4-5H,1-3H3,(H2,13,16)(H,15,17). The zero-order valence-corrected chi connectivity index (χ0v) is 10.3. The third-order valence-corrected chi connectivity index (χ3v) is 1.77. The zero-order valence-electron chi connectivity index (χ0n) is 10.3. The van der Waals surface area contributed by atoms with Gasteiger partial charge in [-0.15, -0.1) is 0 Å². The van der Waals surface area contributed by atoms with Crippen molar-refractivity contribution in [3.8, 4) is 0 Å². The molecule has 7 heteroatoms. The van der Waals surface area contributed by atoms with Gasteiger partial charge in [0, 0.05) is 6.07 Å². The van der Waals surface area contributed by atoms with Crippen molar-refractivity contribution in [2.24, 2.45) is 5.73 Å². The lowest BCUT2D eigenvalue weighted by molar-refractivity contribution is 0.0636. The topological polar surface area (TPSA) is 94.3 Å². The van der Waals surface area contributed by atoms with E-state index in [1.54, 1.807) is 20.8 Å². The summed E-state index contributed by atoms with van der Waals surface area (Å²) >= 11 is 0. The zero-order chi connectivity index (χ0) is 13.9. The van der Waals surface area contributed by atoms with E-state index in [0.717, 1.165) is 12.3 Å². The summed E-state index contributed by atoms with van der Waals surface area (Å²) in [6.45, 7) is 5.06. The molecule has 1 aromatic heterocycles. The van der Waals surface area contributed by atoms with Gasteiger partial charge in [-0.05, 0) is 20.8 Å². The number of carbonyl (C=O) groups is 2. The fourth-order valence-corrected chi connectivity index (χ4v) is 1.15. The molecule has 0 aliphatic rings. The van der Waals surface area contributed by atoms with Crippen molar-refractivity contribution in [2.75, 3.05) is 5.32 Å². The highest BCUT2D eigenvalue weighted by molar-refractivity contribution is 6.01. The summed E-state index contributed by atoms with van der Waals surface area (Å²) in [5.74, 6) is -1.74. The molecule has 18 heavy (non-hydrogen) atoms. The first-order valence-corrected chi connectivity index (χ1v) is 5.14. The number of hydrogen-bond acceptors (Lipinski definition) is 4. The van der Waals surface area contributed by atoms with Crippen LogP contribution in [0.2, 0.25) is 0 Å². The molecule has 0 unspecified atom stereocenters. The SMILES string of the molecule is CC(C)(C)OC(=O)Nc1cnc(F)cc1C(N)=O. The predicted molar refractivity (Wildman–Crippen MR) is 62.6 cm³/mol. The van der Waals surface area contributed by atoms with Gasteiger partial charge in [0.15, 0.2) is 0 Å². The van der Waals surface area contributed by atoms with Crippen LogP contribution in [0.3, 0.4) is 0 Å². The Hall–Kier alpha value is -2.18. The number of halogens is 1. The average Bonchev–Trinajstić information content (AvgIpc) is 2.17. The summed E-state index contributed by atoms with van der Waals surface area (Å²) in [6, 6.07) is 0.842. The molecular weight excluding hydrogens is 241 g/mol. The Bertz CT molecular complexity index is 483. The number of anilines is 1. The van der Waals surface area contributed by atoms with Crippen molar-refractivity contribution in [2.45, 2.75) is 26.4 Å². The highest BCUT2D eigenvalue weighted by atomic mass is 19.1. The Balaban J connectivity index is 2.91. The van der Waals surface area contributed by atoms with Crippen LogP contribution in [0, 0.1) is 5.95 Å². The molecule has 0 aliphatic heterocycles. The predicted octanol–water partition coefficient (Wildman–Crippen LogP) is 1.67. The van der Waals surface area contributed by atoms with E-state index in [4.69, 9.17) is 10.5 Å². The number of ether oxygens (including phenoxy) is 1. The van der Waals surface area contributed by atoms with Gasteiger partial charge in [-0.1, -0.05) is 0 Å². The smallest absolute Gasteiger partial charge is 0.412 e. The Morgan fingerprint density at radius 1 is 1.44 bits per heavy atom. The molecule has 0 fully saturated rings. The van der Waals surface area contributed by atoms with Gasteiger partial charge in [-0.3, -0.25) is 10.1 Å². The lowest BCUT2D eigenvalue weighted by Gasteiger charge is -2.20. The average molecular weight is 255 g/mol. The number of hydrogen-bond donors (Lipinski definition) is 2. The minimum atomic E-state index is -0.873. The lowest BCUT2D eigenvalue weighted by Crippen LogP contribution is -2.28. The third kappa shape index (κ3) is 4.00. The van der Waals surface area contributed by atoms with E-state index in [-0.39, 0.29) is 11.3 Å². The number of aromatic nitrogens is 1. The van der Waals surface area contributed by atoms with E-state index in [0.29, 0.717) is 0 Å². The van der Waals surface area contributed by atoms with Crippen molar-refractivity contribution in [3.63, 3.8) is 0 Å². The molecule has 3 N–H and O–H groups in total. The summed E-state index contributed by atoms with van der Waals surface area (Å²) < 4.78 is 17.8. The number of nitrogens with zero attached hydrogens (tertiary/aromatic N) is 1. The minimum Gasteiger partial charge on any atom is -0.444 e. The van der Waals surface area contributed by atoms with Crippen LogP contribution in [-0.2, 0) is 4.74 Å². The fourth-order valence-electron chi connectivity index (χ4n) is 1.15. The van der Waals surface area contributed by atoms with Gasteiger partial charge in [0.2, 0.25) is 5.95 Å². The Labute approximate surface area is 103 Å². The lowest BCUT2D eigenvalue weighted by atomic mass is 10.2. The number of pyridine rings is 1. The van der Waals surface area contributed by atoms with Gasteiger partial charge in [0.05, 0.1) is 17.4 Å². The summed E-state index contributed by atoms with van der Waals surface area (Å²) in [6.07, 6.45) is 0.220. The second kappa shape index (κ2) is 4.99. The van der Waals surface area contributed by atoms with Crippen LogP contribution < -0.4 is 11.1 Å². The molecule has 0 bridgehead atoms. The summed E-state index contributed by atoms with van der Waals surface area (Å²) in [5, 5.41) is 2.28. The number of nitrogens with two attached hydrogens (primary N) is 1. The minimum absolute atomic E-state index is 0.00171. The molecule has 0 saturated carbocycles. The molecule has 1 aromatic rings. The van der Waals surface area contributed by atoms with Crippen LogP contribution in [0.25, 0.3) is 0 Å². The Morgan fingerprint density at radius 2 is 2.06 bits per heavy atom. The summed E-state index contributed by atoms with van der Waals surface area (Å²) in [7, 11) is 0. The van der Waals surface area contributed by atoms with Gasteiger partial charge in [0.1, 0.15) is 5.60 Å². The van der Waals surface area contributed by atoms with E-state index in [1.807, 2.05) is 0 Å². The molecule has 0 spiro atoms. The van der Waals surface area contributed by atoms with Crippen molar-refractivity contribution in [1.29, 1.82) is 0 Å². The molecule has 2 amide bonds. The summed E-state index contributed by atoms with van der Waals surface area (Å²) in [4.78, 5) is 25.9. The number of nitrogens with one attached hydrogen (secondary N) is 1. The summed E-state index contributed by atoms with van der Waals surface area (Å²) in [5.41, 5.74) is 4.20. The third-order valence-electron chi connectivity index (χ3n) is 1.77.